The number of nitrogens with one attached hydrogen (secondary N) is 1. The first kappa shape index (κ1) is 16.1. The molecule has 6 heteroatoms. The van der Waals surface area contributed by atoms with Gasteiger partial charge < -0.3 is 15.0 Å². The average Bonchev–Trinajstić information content (AvgIpc) is 3.19. The molecule has 6 nitrogen and oxygen atoms in total. The van der Waals surface area contributed by atoms with Crippen molar-refractivity contribution in [3.05, 3.63) is 46.8 Å². The van der Waals surface area contributed by atoms with Gasteiger partial charge in [-0.15, -0.1) is 0 Å². The molecule has 0 saturated carbocycles. The fourth-order valence-electron chi connectivity index (χ4n) is 3.90. The molecule has 25 heavy (non-hydrogen) atoms. The smallest absolute Gasteiger partial charge is 0.257 e. The Bertz CT molecular complexity index is 808. The Morgan fingerprint density at radius 3 is 2.80 bits per heavy atom. The lowest BCUT2D eigenvalue weighted by atomic mass is 10.0. The van der Waals surface area contributed by atoms with Crippen molar-refractivity contribution in [1.82, 2.24) is 14.7 Å². The van der Waals surface area contributed by atoms with E-state index in [1.54, 1.807) is 0 Å². The zero-order chi connectivity index (χ0) is 17.6. The summed E-state index contributed by atoms with van der Waals surface area (Å²) in [6.07, 6.45) is 1.95. The number of carbonyl (C=O) groups is 1. The lowest BCUT2D eigenvalue weighted by molar-refractivity contribution is 0.0425. The number of hydrogen-bond acceptors (Lipinski definition) is 4. The van der Waals surface area contributed by atoms with Crippen molar-refractivity contribution in [3.8, 4) is 0 Å². The van der Waals surface area contributed by atoms with Crippen LogP contribution in [0.4, 0.5) is 5.69 Å². The van der Waals surface area contributed by atoms with Crippen molar-refractivity contribution in [1.29, 1.82) is 0 Å². The summed E-state index contributed by atoms with van der Waals surface area (Å²) < 4.78 is 7.68. The minimum Gasteiger partial charge on any atom is -0.376 e. The van der Waals surface area contributed by atoms with Gasteiger partial charge in [-0.25, -0.2) is 0 Å². The first-order chi connectivity index (χ1) is 12.1. The molecule has 4 rings (SSSR count). The molecule has 0 bridgehead atoms. The first-order valence-electron chi connectivity index (χ1n) is 8.84. The number of aryl methyl sites for hydroxylation is 2. The van der Waals surface area contributed by atoms with Crippen LogP contribution in [0.3, 0.4) is 0 Å². The van der Waals surface area contributed by atoms with Crippen LogP contribution in [0, 0.1) is 13.8 Å². The Morgan fingerprint density at radius 1 is 1.32 bits per heavy atom. The van der Waals surface area contributed by atoms with Crippen LogP contribution in [0.1, 0.15) is 46.3 Å². The summed E-state index contributed by atoms with van der Waals surface area (Å²) in [5, 5.41) is 8.10. The molecular formula is C19H24N4O2. The summed E-state index contributed by atoms with van der Waals surface area (Å²) >= 11 is 0. The Hall–Kier alpha value is -2.34. The maximum absolute atomic E-state index is 13.2. The Labute approximate surface area is 147 Å². The quantitative estimate of drug-likeness (QED) is 0.933. The number of carbonyl (C=O) groups excluding carboxylic acids is 1. The van der Waals surface area contributed by atoms with Gasteiger partial charge in [0, 0.05) is 37.1 Å². The minimum atomic E-state index is -0.222. The highest BCUT2D eigenvalue weighted by Gasteiger charge is 2.37. The van der Waals surface area contributed by atoms with Crippen molar-refractivity contribution in [2.24, 2.45) is 7.05 Å². The van der Waals surface area contributed by atoms with E-state index in [1.807, 2.05) is 54.7 Å². The van der Waals surface area contributed by atoms with Crippen molar-refractivity contribution < 1.29 is 9.53 Å². The summed E-state index contributed by atoms with van der Waals surface area (Å²) in [4.78, 5) is 15.1. The number of hydrogen-bond donors (Lipinski definition) is 1. The molecule has 2 aromatic rings. The second kappa shape index (κ2) is 6.19. The number of rotatable bonds is 3. The van der Waals surface area contributed by atoms with Crippen molar-refractivity contribution in [3.63, 3.8) is 0 Å². The van der Waals surface area contributed by atoms with E-state index in [-0.39, 0.29) is 18.2 Å². The molecule has 0 radical (unpaired) electrons. The highest BCUT2D eigenvalue weighted by atomic mass is 16.5. The highest BCUT2D eigenvalue weighted by Crippen LogP contribution is 2.36. The second-order valence-electron chi connectivity index (χ2n) is 6.89. The van der Waals surface area contributed by atoms with Crippen LogP contribution in [0.2, 0.25) is 0 Å². The van der Waals surface area contributed by atoms with Gasteiger partial charge in [0.05, 0.1) is 17.4 Å². The van der Waals surface area contributed by atoms with Gasteiger partial charge in [0.15, 0.2) is 0 Å². The third kappa shape index (κ3) is 2.70. The molecule has 0 spiro atoms. The van der Waals surface area contributed by atoms with E-state index in [0.717, 1.165) is 47.7 Å². The number of ether oxygens (including phenoxy) is 1. The highest BCUT2D eigenvalue weighted by molar-refractivity contribution is 6.01. The summed E-state index contributed by atoms with van der Waals surface area (Å²) in [5.41, 5.74) is 4.68. The summed E-state index contributed by atoms with van der Waals surface area (Å²) in [6.45, 7) is 5.43. The number of anilines is 1. The lowest BCUT2D eigenvalue weighted by Gasteiger charge is -2.39. The first-order valence-corrected chi connectivity index (χ1v) is 8.84. The Balaban J connectivity index is 1.77. The summed E-state index contributed by atoms with van der Waals surface area (Å²) in [6, 6.07) is 7.70. The molecule has 0 aliphatic carbocycles. The summed E-state index contributed by atoms with van der Waals surface area (Å²) in [7, 11) is 1.94. The molecule has 1 N–H and O–H groups in total. The molecule has 2 atom stereocenters. The molecule has 0 unspecified atom stereocenters. The summed E-state index contributed by atoms with van der Waals surface area (Å²) in [5.74, 6) is 0.0532. The number of para-hydroxylation sites is 1. The Kier molecular flexibility index (Phi) is 4.00. The topological polar surface area (TPSA) is 59.4 Å². The molecule has 1 aromatic heterocycles. The molecular weight excluding hydrogens is 316 g/mol. The van der Waals surface area contributed by atoms with Crippen LogP contribution in [-0.2, 0) is 11.8 Å². The van der Waals surface area contributed by atoms with E-state index >= 15 is 0 Å². The SMILES string of the molecule is Cc1nn(C)c(C)c1[C@H]1Nc2ccccc2C(=O)N1C[C@H]1CCCO1. The van der Waals surface area contributed by atoms with Crippen molar-refractivity contribution in [2.75, 3.05) is 18.5 Å². The van der Waals surface area contributed by atoms with Gasteiger partial charge in [0.2, 0.25) is 0 Å². The van der Waals surface area contributed by atoms with Gasteiger partial charge in [-0.2, -0.15) is 5.10 Å². The molecule has 2 aliphatic heterocycles. The Morgan fingerprint density at radius 2 is 2.12 bits per heavy atom. The second-order valence-corrected chi connectivity index (χ2v) is 6.89. The minimum absolute atomic E-state index is 0.0532. The molecule has 1 fully saturated rings. The molecule has 1 amide bonds. The van der Waals surface area contributed by atoms with Crippen LogP contribution < -0.4 is 5.32 Å². The number of aromatic nitrogens is 2. The maximum atomic E-state index is 13.2. The fraction of sp³-hybridized carbons (Fsp3) is 0.474. The van der Waals surface area contributed by atoms with E-state index in [0.29, 0.717) is 6.54 Å². The van der Waals surface area contributed by atoms with Crippen molar-refractivity contribution >= 4 is 11.6 Å². The van der Waals surface area contributed by atoms with Crippen molar-refractivity contribution in [2.45, 2.75) is 39.0 Å². The molecule has 3 heterocycles. The van der Waals surface area contributed by atoms with Crippen LogP contribution >= 0.6 is 0 Å². The van der Waals surface area contributed by atoms with Gasteiger partial charge in [0.25, 0.3) is 5.91 Å². The largest absolute Gasteiger partial charge is 0.376 e. The van der Waals surface area contributed by atoms with E-state index in [4.69, 9.17) is 4.74 Å². The van der Waals surface area contributed by atoms with E-state index in [2.05, 4.69) is 10.4 Å². The van der Waals surface area contributed by atoms with Gasteiger partial charge in [-0.1, -0.05) is 12.1 Å². The fourth-order valence-corrected chi connectivity index (χ4v) is 3.90. The molecule has 132 valence electrons. The zero-order valence-corrected chi connectivity index (χ0v) is 15.0. The van der Waals surface area contributed by atoms with Crippen LogP contribution in [0.15, 0.2) is 24.3 Å². The maximum Gasteiger partial charge on any atom is 0.257 e. The third-order valence-corrected chi connectivity index (χ3v) is 5.28. The molecule has 1 saturated heterocycles. The third-order valence-electron chi connectivity index (χ3n) is 5.28. The monoisotopic (exact) mass is 340 g/mol. The predicted molar refractivity (Wildman–Crippen MR) is 95.5 cm³/mol. The predicted octanol–water partition coefficient (Wildman–Crippen LogP) is 2.78. The van der Waals surface area contributed by atoms with Gasteiger partial charge in [-0.3, -0.25) is 9.48 Å². The standard InChI is InChI=1S/C19H24N4O2/c1-12-17(13(2)22(3)21-12)18-20-16-9-5-4-8-15(16)19(24)23(18)11-14-7-6-10-25-14/h4-5,8-9,14,18,20H,6-7,10-11H2,1-3H3/t14-,18+/m1/s1. The van der Waals surface area contributed by atoms with E-state index in [9.17, 15) is 4.79 Å². The number of fused-ring (bicyclic) bond motifs is 1. The van der Waals surface area contributed by atoms with Crippen LogP contribution in [0.25, 0.3) is 0 Å². The van der Waals surface area contributed by atoms with Gasteiger partial charge in [-0.05, 0) is 38.8 Å². The zero-order valence-electron chi connectivity index (χ0n) is 15.0. The van der Waals surface area contributed by atoms with Gasteiger partial charge >= 0.3 is 0 Å². The molecule has 1 aromatic carbocycles. The number of amides is 1. The van der Waals surface area contributed by atoms with Crippen LogP contribution in [-0.4, -0.2) is 39.8 Å². The molecule has 2 aliphatic rings. The van der Waals surface area contributed by atoms with Gasteiger partial charge in [0.1, 0.15) is 6.17 Å². The van der Waals surface area contributed by atoms with E-state index < -0.39 is 0 Å². The lowest BCUT2D eigenvalue weighted by Crippen LogP contribution is -2.46. The number of benzene rings is 1. The number of nitrogens with zero attached hydrogens (tertiary/aromatic N) is 3. The average molecular weight is 340 g/mol. The van der Waals surface area contributed by atoms with E-state index in [1.165, 1.54) is 0 Å². The van der Waals surface area contributed by atoms with Crippen LogP contribution in [0.5, 0.6) is 0 Å². The normalized spacial score (nSPS) is 22.8.